The molecule has 2 amide bonds. The summed E-state index contributed by atoms with van der Waals surface area (Å²) >= 11 is 4.44. The second kappa shape index (κ2) is 10.1. The van der Waals surface area contributed by atoms with E-state index in [1.54, 1.807) is 30.3 Å². The Morgan fingerprint density at radius 2 is 1.87 bits per heavy atom. The van der Waals surface area contributed by atoms with E-state index in [9.17, 15) is 14.0 Å². The van der Waals surface area contributed by atoms with Gasteiger partial charge in [-0.1, -0.05) is 19.1 Å². The van der Waals surface area contributed by atoms with Gasteiger partial charge in [0, 0.05) is 6.54 Å². The van der Waals surface area contributed by atoms with Crippen LogP contribution in [0, 0.1) is 5.82 Å². The van der Waals surface area contributed by atoms with Gasteiger partial charge in [0.2, 0.25) is 0 Å². The molecule has 0 atom stereocenters. The van der Waals surface area contributed by atoms with Crippen molar-refractivity contribution < 1.29 is 23.5 Å². The van der Waals surface area contributed by atoms with Crippen molar-refractivity contribution in [2.24, 2.45) is 0 Å². The number of hydrogen-bond acceptors (Lipinski definition) is 5. The van der Waals surface area contributed by atoms with Gasteiger partial charge in [0.15, 0.2) is 11.5 Å². The number of carbonyl (C=O) groups excluding carboxylic acids is 2. The van der Waals surface area contributed by atoms with E-state index in [2.05, 4.69) is 15.9 Å². The molecule has 1 aliphatic rings. The number of rotatable bonds is 8. The number of nitrogens with zero attached hydrogens (tertiary/aromatic N) is 1. The SMILES string of the molecule is CCCN1C(=O)S/C(=C/c2cc(Br)c(OCc3ccc(F)cc3)c(OCC)c2)C1=O. The molecule has 2 aromatic rings. The van der Waals surface area contributed by atoms with E-state index in [1.165, 1.54) is 17.0 Å². The molecular formula is C22H21BrFNO4S. The van der Waals surface area contributed by atoms with Crippen LogP contribution in [0.5, 0.6) is 11.5 Å². The first-order chi connectivity index (χ1) is 14.4. The highest BCUT2D eigenvalue weighted by Crippen LogP contribution is 2.39. The fraction of sp³-hybridized carbons (Fsp3) is 0.273. The number of carbonyl (C=O) groups is 2. The lowest BCUT2D eigenvalue weighted by atomic mass is 10.1. The molecule has 0 unspecified atom stereocenters. The maximum atomic E-state index is 13.1. The molecule has 0 radical (unpaired) electrons. The topological polar surface area (TPSA) is 55.8 Å². The summed E-state index contributed by atoms with van der Waals surface area (Å²) in [6.45, 7) is 4.86. The summed E-state index contributed by atoms with van der Waals surface area (Å²) in [5, 5.41) is -0.253. The average molecular weight is 494 g/mol. The zero-order chi connectivity index (χ0) is 21.7. The molecule has 158 valence electrons. The molecule has 0 aromatic heterocycles. The molecule has 0 N–H and O–H groups in total. The Bertz CT molecular complexity index is 978. The van der Waals surface area contributed by atoms with E-state index >= 15 is 0 Å². The predicted octanol–water partition coefficient (Wildman–Crippen LogP) is 6.01. The highest BCUT2D eigenvalue weighted by molar-refractivity contribution is 9.10. The lowest BCUT2D eigenvalue weighted by Crippen LogP contribution is -2.28. The number of imide groups is 1. The van der Waals surface area contributed by atoms with Gasteiger partial charge in [-0.05, 0) is 82.5 Å². The van der Waals surface area contributed by atoms with E-state index in [4.69, 9.17) is 9.47 Å². The molecular weight excluding hydrogens is 473 g/mol. The number of benzene rings is 2. The Labute approximate surface area is 187 Å². The van der Waals surface area contributed by atoms with Crippen LogP contribution in [-0.4, -0.2) is 29.2 Å². The first-order valence-corrected chi connectivity index (χ1v) is 11.1. The summed E-state index contributed by atoms with van der Waals surface area (Å²) in [7, 11) is 0. The molecule has 5 nitrogen and oxygen atoms in total. The van der Waals surface area contributed by atoms with E-state index in [1.807, 2.05) is 13.8 Å². The van der Waals surface area contributed by atoms with Crippen LogP contribution in [0.15, 0.2) is 45.8 Å². The van der Waals surface area contributed by atoms with Crippen molar-refractivity contribution in [1.82, 2.24) is 4.90 Å². The first kappa shape index (κ1) is 22.4. The third-order valence-corrected chi connectivity index (χ3v) is 5.74. The van der Waals surface area contributed by atoms with E-state index < -0.39 is 0 Å². The Balaban J connectivity index is 1.85. The Kier molecular flexibility index (Phi) is 7.55. The maximum Gasteiger partial charge on any atom is 0.293 e. The fourth-order valence-electron chi connectivity index (χ4n) is 2.88. The van der Waals surface area contributed by atoms with Gasteiger partial charge in [0.05, 0.1) is 16.0 Å². The van der Waals surface area contributed by atoms with Gasteiger partial charge in [-0.15, -0.1) is 0 Å². The summed E-state index contributed by atoms with van der Waals surface area (Å²) in [6.07, 6.45) is 2.39. The van der Waals surface area contributed by atoms with Gasteiger partial charge in [-0.2, -0.15) is 0 Å². The highest BCUT2D eigenvalue weighted by atomic mass is 79.9. The fourth-order valence-corrected chi connectivity index (χ4v) is 4.32. The van der Waals surface area contributed by atoms with Crippen molar-refractivity contribution in [2.75, 3.05) is 13.2 Å². The second-order valence-corrected chi connectivity index (χ2v) is 8.36. The molecule has 0 bridgehead atoms. The van der Waals surface area contributed by atoms with Gasteiger partial charge in [-0.3, -0.25) is 14.5 Å². The number of hydrogen-bond donors (Lipinski definition) is 0. The number of halogens is 2. The van der Waals surface area contributed by atoms with Crippen molar-refractivity contribution >= 4 is 44.9 Å². The number of thioether (sulfide) groups is 1. The normalized spacial score (nSPS) is 15.2. The minimum atomic E-state index is -0.303. The Morgan fingerprint density at radius 3 is 2.53 bits per heavy atom. The van der Waals surface area contributed by atoms with Crippen LogP contribution >= 0.6 is 27.7 Å². The lowest BCUT2D eigenvalue weighted by molar-refractivity contribution is -0.122. The Morgan fingerprint density at radius 1 is 1.13 bits per heavy atom. The molecule has 8 heteroatoms. The molecule has 0 aliphatic carbocycles. The highest BCUT2D eigenvalue weighted by Gasteiger charge is 2.34. The minimum absolute atomic E-state index is 0.244. The molecule has 1 saturated heterocycles. The van der Waals surface area contributed by atoms with Gasteiger partial charge < -0.3 is 9.47 Å². The molecule has 3 rings (SSSR count). The van der Waals surface area contributed by atoms with Crippen LogP contribution in [0.2, 0.25) is 0 Å². The molecule has 2 aromatic carbocycles. The summed E-state index contributed by atoms with van der Waals surface area (Å²) in [5.74, 6) is 0.436. The summed E-state index contributed by atoms with van der Waals surface area (Å²) in [6, 6.07) is 9.64. The monoisotopic (exact) mass is 493 g/mol. The number of amides is 2. The van der Waals surface area contributed by atoms with Crippen LogP contribution in [0.1, 0.15) is 31.4 Å². The maximum absolute atomic E-state index is 13.1. The largest absolute Gasteiger partial charge is 0.490 e. The molecule has 1 heterocycles. The third-order valence-electron chi connectivity index (χ3n) is 4.25. The lowest BCUT2D eigenvalue weighted by Gasteiger charge is -2.15. The van der Waals surface area contributed by atoms with E-state index in [0.29, 0.717) is 46.0 Å². The van der Waals surface area contributed by atoms with Crippen LogP contribution in [0.25, 0.3) is 6.08 Å². The van der Waals surface area contributed by atoms with Gasteiger partial charge in [-0.25, -0.2) is 4.39 Å². The van der Waals surface area contributed by atoms with E-state index in [-0.39, 0.29) is 23.6 Å². The first-order valence-electron chi connectivity index (χ1n) is 9.51. The standard InChI is InChI=1S/C22H21BrFNO4S/c1-3-9-25-21(26)19(30-22(25)27)12-15-10-17(23)20(18(11-15)28-4-2)29-13-14-5-7-16(24)8-6-14/h5-8,10-12H,3-4,9,13H2,1-2H3/b19-12+. The second-order valence-electron chi connectivity index (χ2n) is 6.51. The van der Waals surface area contributed by atoms with Crippen LogP contribution in [0.3, 0.4) is 0 Å². The minimum Gasteiger partial charge on any atom is -0.490 e. The molecule has 0 saturated carbocycles. The van der Waals surface area contributed by atoms with Crippen LogP contribution in [-0.2, 0) is 11.4 Å². The van der Waals surface area contributed by atoms with Crippen LogP contribution in [0.4, 0.5) is 9.18 Å². The van der Waals surface area contributed by atoms with Crippen molar-refractivity contribution in [3.63, 3.8) is 0 Å². The molecule has 1 aliphatic heterocycles. The number of ether oxygens (including phenoxy) is 2. The smallest absolute Gasteiger partial charge is 0.293 e. The van der Waals surface area contributed by atoms with Gasteiger partial charge >= 0.3 is 0 Å². The van der Waals surface area contributed by atoms with Crippen molar-refractivity contribution in [3.8, 4) is 11.5 Å². The van der Waals surface area contributed by atoms with Gasteiger partial charge in [0.25, 0.3) is 11.1 Å². The molecule has 0 spiro atoms. The zero-order valence-corrected chi connectivity index (χ0v) is 19.0. The molecule has 1 fully saturated rings. The average Bonchev–Trinajstić information content (AvgIpc) is 2.97. The zero-order valence-electron chi connectivity index (χ0n) is 16.6. The quantitative estimate of drug-likeness (QED) is 0.421. The Hall–Kier alpha value is -2.32. The van der Waals surface area contributed by atoms with Gasteiger partial charge in [0.1, 0.15) is 12.4 Å². The van der Waals surface area contributed by atoms with Crippen LogP contribution < -0.4 is 9.47 Å². The summed E-state index contributed by atoms with van der Waals surface area (Å²) in [4.78, 5) is 26.2. The van der Waals surface area contributed by atoms with Crippen molar-refractivity contribution in [3.05, 3.63) is 62.7 Å². The van der Waals surface area contributed by atoms with Crippen molar-refractivity contribution in [1.29, 1.82) is 0 Å². The summed E-state index contributed by atoms with van der Waals surface area (Å²) in [5.41, 5.74) is 1.53. The molecule has 30 heavy (non-hydrogen) atoms. The predicted molar refractivity (Wildman–Crippen MR) is 119 cm³/mol. The summed E-state index contributed by atoms with van der Waals surface area (Å²) < 4.78 is 25.4. The van der Waals surface area contributed by atoms with E-state index in [0.717, 1.165) is 17.3 Å². The third kappa shape index (κ3) is 5.23. The van der Waals surface area contributed by atoms with Crippen molar-refractivity contribution in [2.45, 2.75) is 26.9 Å².